The number of nitrogens with one attached hydrogen (secondary N) is 1. The lowest BCUT2D eigenvalue weighted by atomic mass is 10.6. The predicted octanol–water partition coefficient (Wildman–Crippen LogP) is 1.60. The van der Waals surface area contributed by atoms with Gasteiger partial charge in [0.25, 0.3) is 10.0 Å². The smallest absolute Gasteiger partial charge is 0.358 e. The Hall–Kier alpha value is -1.69. The van der Waals surface area contributed by atoms with Gasteiger partial charge in [0.15, 0.2) is 5.82 Å². The van der Waals surface area contributed by atoms with Gasteiger partial charge in [-0.05, 0) is 4.92 Å². The molecule has 0 aliphatic heterocycles. The van der Waals surface area contributed by atoms with Crippen LogP contribution in [0.15, 0.2) is 6.20 Å². The maximum Gasteiger partial charge on any atom is 0.503 e. The van der Waals surface area contributed by atoms with Crippen molar-refractivity contribution >= 4 is 15.8 Å². The van der Waals surface area contributed by atoms with E-state index in [-0.39, 0.29) is 12.4 Å². The van der Waals surface area contributed by atoms with Crippen LogP contribution in [0.2, 0.25) is 0 Å². The minimum absolute atomic E-state index is 0.193. The summed E-state index contributed by atoms with van der Waals surface area (Å²) in [5, 5.41) is 10.6. The van der Waals surface area contributed by atoms with Gasteiger partial charge in [0.2, 0.25) is 0 Å². The minimum atomic E-state index is -5.30. The molecule has 1 aromatic heterocycles. The number of alkyl halides is 3. The summed E-state index contributed by atoms with van der Waals surface area (Å²) in [5.41, 5.74) is -5.30. The van der Waals surface area contributed by atoms with Crippen LogP contribution >= 0.6 is 0 Å². The summed E-state index contributed by atoms with van der Waals surface area (Å²) in [4.78, 5) is 13.4. The lowest BCUT2D eigenvalue weighted by molar-refractivity contribution is -0.392. The van der Waals surface area contributed by atoms with E-state index in [0.717, 1.165) is 10.8 Å². The van der Waals surface area contributed by atoms with Crippen LogP contribution in [0.5, 0.6) is 0 Å². The van der Waals surface area contributed by atoms with Crippen molar-refractivity contribution in [1.29, 1.82) is 4.78 Å². The Morgan fingerprint density at radius 2 is 2.21 bits per heavy atom. The number of aromatic nitrogens is 2. The number of nitro groups is 1. The number of nitrogens with zero attached hydrogens (tertiary/aromatic N) is 3. The van der Waals surface area contributed by atoms with Crippen molar-refractivity contribution in [2.75, 3.05) is 6.61 Å². The normalized spacial score (nSPS) is 15.2. The van der Waals surface area contributed by atoms with Crippen LogP contribution in [0, 0.1) is 21.8 Å². The maximum absolute atomic E-state index is 12.1. The zero-order chi connectivity index (χ0) is 14.8. The third kappa shape index (κ3) is 3.41. The molecule has 1 N–H and O–H groups in total. The first-order valence-electron chi connectivity index (χ1n) is 4.72. The number of rotatable bonds is 5. The fourth-order valence-electron chi connectivity index (χ4n) is 1.19. The van der Waals surface area contributed by atoms with Gasteiger partial charge < -0.3 is 10.1 Å². The van der Waals surface area contributed by atoms with Crippen LogP contribution in [-0.2, 0) is 20.7 Å². The minimum Gasteiger partial charge on any atom is -0.358 e. The van der Waals surface area contributed by atoms with Crippen molar-refractivity contribution < 1.29 is 26.5 Å². The van der Waals surface area contributed by atoms with Gasteiger partial charge in [-0.25, -0.2) is 18.5 Å². The average Bonchev–Trinajstić information content (AvgIpc) is 2.58. The van der Waals surface area contributed by atoms with Gasteiger partial charge in [0.05, 0.1) is 0 Å². The molecule has 1 aromatic rings. The van der Waals surface area contributed by atoms with Crippen molar-refractivity contribution in [3.8, 4) is 0 Å². The van der Waals surface area contributed by atoms with E-state index < -0.39 is 32.9 Å². The van der Waals surface area contributed by atoms with Crippen molar-refractivity contribution in [1.82, 2.24) is 9.55 Å². The topological polar surface area (TPSA) is 111 Å². The molecule has 1 unspecified atom stereocenters. The molecule has 0 radical (unpaired) electrons. The first-order chi connectivity index (χ1) is 8.56. The van der Waals surface area contributed by atoms with Gasteiger partial charge in [-0.1, -0.05) is 0 Å². The van der Waals surface area contributed by atoms with Crippen molar-refractivity contribution in [3.63, 3.8) is 0 Å². The first kappa shape index (κ1) is 15.4. The van der Waals surface area contributed by atoms with Crippen LogP contribution in [0.3, 0.4) is 0 Å². The van der Waals surface area contributed by atoms with Gasteiger partial charge in [0, 0.05) is 6.92 Å². The highest BCUT2D eigenvalue weighted by Gasteiger charge is 2.43. The van der Waals surface area contributed by atoms with Crippen molar-refractivity contribution in [2.24, 2.45) is 0 Å². The van der Waals surface area contributed by atoms with Gasteiger partial charge in [0.1, 0.15) is 19.3 Å². The molecule has 1 rings (SSSR count). The largest absolute Gasteiger partial charge is 0.503 e. The van der Waals surface area contributed by atoms with Crippen LogP contribution in [0.4, 0.5) is 19.0 Å². The second kappa shape index (κ2) is 5.13. The summed E-state index contributed by atoms with van der Waals surface area (Å²) < 4.78 is 58.5. The Morgan fingerprint density at radius 1 is 1.63 bits per heavy atom. The summed E-state index contributed by atoms with van der Waals surface area (Å²) in [6.45, 7) is 0.280. The van der Waals surface area contributed by atoms with Gasteiger partial charge >= 0.3 is 11.3 Å². The summed E-state index contributed by atoms with van der Waals surface area (Å²) >= 11 is 0. The van der Waals surface area contributed by atoms with Crippen LogP contribution in [0.1, 0.15) is 5.82 Å². The predicted molar refractivity (Wildman–Crippen MR) is 56.5 cm³/mol. The molecule has 1 atom stereocenters. The Bertz CT molecular complexity index is 580. The van der Waals surface area contributed by atoms with E-state index in [1.807, 2.05) is 0 Å². The lowest BCUT2D eigenvalue weighted by Gasteiger charge is -2.10. The number of halogens is 3. The molecular formula is C7H9F3N4O4S. The maximum atomic E-state index is 12.1. The molecule has 0 aliphatic carbocycles. The van der Waals surface area contributed by atoms with Crippen LogP contribution in [0.25, 0.3) is 0 Å². The van der Waals surface area contributed by atoms with E-state index in [1.165, 1.54) is 6.92 Å². The second-order valence-electron chi connectivity index (χ2n) is 3.34. The van der Waals surface area contributed by atoms with E-state index in [1.54, 1.807) is 0 Å². The van der Waals surface area contributed by atoms with E-state index in [2.05, 4.69) is 9.17 Å². The molecule has 0 amide bonds. The highest BCUT2D eigenvalue weighted by Crippen LogP contribution is 2.25. The van der Waals surface area contributed by atoms with E-state index in [9.17, 15) is 27.5 Å². The molecule has 108 valence electrons. The number of hydrogen-bond acceptors (Lipinski definition) is 6. The van der Waals surface area contributed by atoms with Gasteiger partial charge in [-0.15, -0.1) is 0 Å². The molecule has 8 nitrogen and oxygen atoms in total. The quantitative estimate of drug-likeness (QED) is 0.656. The molecular weight excluding hydrogens is 293 g/mol. The number of hydrogen-bond donors (Lipinski definition) is 1. The van der Waals surface area contributed by atoms with E-state index in [0.29, 0.717) is 0 Å². The summed E-state index contributed by atoms with van der Waals surface area (Å²) in [6, 6.07) is 0. The Balaban J connectivity index is 2.75. The van der Waals surface area contributed by atoms with Crippen LogP contribution < -0.4 is 0 Å². The molecule has 0 aliphatic rings. The summed E-state index contributed by atoms with van der Waals surface area (Å²) in [5.74, 6) is -0.233. The molecule has 0 fully saturated rings. The summed E-state index contributed by atoms with van der Waals surface area (Å²) in [7, 11) is -5.20. The van der Waals surface area contributed by atoms with E-state index >= 15 is 0 Å². The SMILES string of the molecule is Cc1ncc([N+](=O)[O-])n1CCOS(=N)(=O)C(F)(F)F. The molecule has 12 heteroatoms. The highest BCUT2D eigenvalue weighted by atomic mass is 32.2. The fourth-order valence-corrected chi connectivity index (χ4v) is 1.63. The highest BCUT2D eigenvalue weighted by molar-refractivity contribution is 7.88. The molecule has 0 saturated heterocycles. The Labute approximate surface area is 105 Å². The molecule has 1 heterocycles. The monoisotopic (exact) mass is 302 g/mol. The molecule has 0 aromatic carbocycles. The first-order valence-corrected chi connectivity index (χ1v) is 6.20. The summed E-state index contributed by atoms with van der Waals surface area (Å²) in [6.07, 6.45) is 0.942. The second-order valence-corrected chi connectivity index (χ2v) is 5.05. The van der Waals surface area contributed by atoms with E-state index in [4.69, 9.17) is 4.78 Å². The van der Waals surface area contributed by atoms with Crippen molar-refractivity contribution in [2.45, 2.75) is 19.0 Å². The number of imidazole rings is 1. The standard InChI is InChI=1S/C7H9F3N4O4S/c1-5-12-4-6(14(15)16)13(5)2-3-18-19(11,17)7(8,9)10/h4,11H,2-3H2,1H3. The number of aryl methyl sites for hydroxylation is 1. The average molecular weight is 302 g/mol. The zero-order valence-corrected chi connectivity index (χ0v) is 10.3. The van der Waals surface area contributed by atoms with Gasteiger partial charge in [-0.3, -0.25) is 4.18 Å². The Morgan fingerprint density at radius 3 is 2.68 bits per heavy atom. The lowest BCUT2D eigenvalue weighted by Crippen LogP contribution is -2.25. The Kier molecular flexibility index (Phi) is 4.15. The molecule has 0 bridgehead atoms. The third-order valence-corrected chi connectivity index (χ3v) is 3.20. The molecule has 19 heavy (non-hydrogen) atoms. The van der Waals surface area contributed by atoms with Crippen LogP contribution in [-0.4, -0.2) is 30.8 Å². The zero-order valence-electron chi connectivity index (χ0n) is 9.51. The van der Waals surface area contributed by atoms with Crippen molar-refractivity contribution in [3.05, 3.63) is 22.1 Å². The fraction of sp³-hybridized carbons (Fsp3) is 0.571. The molecule has 0 spiro atoms. The molecule has 0 saturated carbocycles. The van der Waals surface area contributed by atoms with Gasteiger partial charge in [-0.2, -0.15) is 13.2 Å². The third-order valence-electron chi connectivity index (χ3n) is 2.09.